The number of hydrogen-bond donors (Lipinski definition) is 0. The molecule has 0 saturated carbocycles. The van der Waals surface area contributed by atoms with Crippen molar-refractivity contribution in [2.75, 3.05) is 6.61 Å². The van der Waals surface area contributed by atoms with E-state index in [1.165, 1.54) is 0 Å². The van der Waals surface area contributed by atoms with Gasteiger partial charge in [-0.1, -0.05) is 37.3 Å². The molecule has 2 unspecified atom stereocenters. The van der Waals surface area contributed by atoms with Crippen LogP contribution < -0.4 is 0 Å². The molecule has 3 heteroatoms. The number of rotatable bonds is 4. The average molecular weight is 234 g/mol. The maximum atomic E-state index is 12.2. The standard InChI is InChI=1S/C14H18O3/c1-4-13(3)14(17-13,12(15)16-5-2)11-9-7-6-8-10-11/h6-10H,4-5H2,1-3H3. The first-order valence-corrected chi connectivity index (χ1v) is 6.03. The predicted octanol–water partition coefficient (Wildman–Crippen LogP) is 2.64. The zero-order chi connectivity index (χ0) is 12.5. The second kappa shape index (κ2) is 4.15. The quantitative estimate of drug-likeness (QED) is 0.594. The Labute approximate surface area is 102 Å². The molecule has 0 aromatic heterocycles. The summed E-state index contributed by atoms with van der Waals surface area (Å²) in [7, 11) is 0. The topological polar surface area (TPSA) is 38.8 Å². The van der Waals surface area contributed by atoms with Crippen molar-refractivity contribution in [2.45, 2.75) is 38.4 Å². The normalized spacial score (nSPS) is 31.0. The molecule has 0 N–H and O–H groups in total. The summed E-state index contributed by atoms with van der Waals surface area (Å²) in [5.74, 6) is -0.282. The van der Waals surface area contributed by atoms with E-state index in [1.54, 1.807) is 0 Å². The van der Waals surface area contributed by atoms with E-state index in [0.717, 1.165) is 12.0 Å². The van der Waals surface area contributed by atoms with E-state index >= 15 is 0 Å². The van der Waals surface area contributed by atoms with Crippen LogP contribution in [0.15, 0.2) is 30.3 Å². The molecule has 1 saturated heterocycles. The van der Waals surface area contributed by atoms with Gasteiger partial charge in [0.1, 0.15) is 5.60 Å². The molecule has 0 amide bonds. The second-order valence-electron chi connectivity index (χ2n) is 4.45. The van der Waals surface area contributed by atoms with Crippen molar-refractivity contribution in [2.24, 2.45) is 0 Å². The van der Waals surface area contributed by atoms with Crippen molar-refractivity contribution in [1.82, 2.24) is 0 Å². The highest BCUT2D eigenvalue weighted by Crippen LogP contribution is 2.58. The van der Waals surface area contributed by atoms with Crippen LogP contribution in [0.5, 0.6) is 0 Å². The van der Waals surface area contributed by atoms with Crippen LogP contribution in [-0.2, 0) is 19.9 Å². The lowest BCUT2D eigenvalue weighted by molar-refractivity contribution is -0.150. The summed E-state index contributed by atoms with van der Waals surface area (Å²) in [6.45, 7) is 6.15. The fourth-order valence-electron chi connectivity index (χ4n) is 2.28. The second-order valence-corrected chi connectivity index (χ2v) is 4.45. The van der Waals surface area contributed by atoms with Gasteiger partial charge in [-0.3, -0.25) is 0 Å². The Morgan fingerprint density at radius 3 is 2.41 bits per heavy atom. The Morgan fingerprint density at radius 2 is 1.94 bits per heavy atom. The van der Waals surface area contributed by atoms with Crippen molar-refractivity contribution in [3.8, 4) is 0 Å². The average Bonchev–Trinajstić information content (AvgIpc) is 3.00. The molecule has 1 aromatic rings. The molecule has 1 aromatic carbocycles. The van der Waals surface area contributed by atoms with Gasteiger partial charge in [0.25, 0.3) is 0 Å². The minimum atomic E-state index is -0.904. The van der Waals surface area contributed by atoms with E-state index in [2.05, 4.69) is 0 Å². The van der Waals surface area contributed by atoms with Crippen LogP contribution in [0.25, 0.3) is 0 Å². The third kappa shape index (κ3) is 1.65. The number of benzene rings is 1. The molecule has 1 heterocycles. The highest BCUT2D eigenvalue weighted by Gasteiger charge is 2.73. The molecule has 2 atom stereocenters. The van der Waals surface area contributed by atoms with Crippen molar-refractivity contribution < 1.29 is 14.3 Å². The Bertz CT molecular complexity index is 415. The molecule has 1 aliphatic heterocycles. The SMILES string of the molecule is CCOC(=O)C1(c2ccccc2)OC1(C)CC. The molecular formula is C14H18O3. The van der Waals surface area contributed by atoms with E-state index in [-0.39, 0.29) is 5.97 Å². The zero-order valence-electron chi connectivity index (χ0n) is 10.5. The van der Waals surface area contributed by atoms with Crippen molar-refractivity contribution in [3.63, 3.8) is 0 Å². The fourth-order valence-corrected chi connectivity index (χ4v) is 2.28. The maximum absolute atomic E-state index is 12.2. The fraction of sp³-hybridized carbons (Fsp3) is 0.500. The van der Waals surface area contributed by atoms with Gasteiger partial charge in [-0.25, -0.2) is 4.79 Å². The summed E-state index contributed by atoms with van der Waals surface area (Å²) in [5.41, 5.74) is -0.470. The van der Waals surface area contributed by atoms with Crippen LogP contribution in [0, 0.1) is 0 Å². The smallest absolute Gasteiger partial charge is 0.346 e. The summed E-state index contributed by atoms with van der Waals surface area (Å²) in [6.07, 6.45) is 0.778. The van der Waals surface area contributed by atoms with E-state index in [0.29, 0.717) is 6.61 Å². The molecule has 2 rings (SSSR count). The van der Waals surface area contributed by atoms with E-state index in [9.17, 15) is 4.79 Å². The molecule has 17 heavy (non-hydrogen) atoms. The molecule has 1 aliphatic rings. The van der Waals surface area contributed by atoms with Gasteiger partial charge in [0.2, 0.25) is 5.60 Å². The first kappa shape index (κ1) is 12.1. The van der Waals surface area contributed by atoms with Crippen molar-refractivity contribution in [3.05, 3.63) is 35.9 Å². The predicted molar refractivity (Wildman–Crippen MR) is 64.5 cm³/mol. The molecule has 0 spiro atoms. The van der Waals surface area contributed by atoms with Crippen LogP contribution in [-0.4, -0.2) is 18.2 Å². The molecular weight excluding hydrogens is 216 g/mol. The lowest BCUT2D eigenvalue weighted by Gasteiger charge is -2.15. The van der Waals surface area contributed by atoms with Gasteiger partial charge in [0.05, 0.1) is 6.61 Å². The summed E-state index contributed by atoms with van der Waals surface area (Å²) in [6, 6.07) is 9.58. The Kier molecular flexibility index (Phi) is 2.96. The van der Waals surface area contributed by atoms with Crippen LogP contribution >= 0.6 is 0 Å². The first-order chi connectivity index (χ1) is 8.10. The lowest BCUT2D eigenvalue weighted by Crippen LogP contribution is -2.32. The van der Waals surface area contributed by atoms with Gasteiger partial charge >= 0.3 is 5.97 Å². The Morgan fingerprint density at radius 1 is 1.29 bits per heavy atom. The summed E-state index contributed by atoms with van der Waals surface area (Å²) >= 11 is 0. The number of epoxide rings is 1. The lowest BCUT2D eigenvalue weighted by atomic mass is 9.85. The number of esters is 1. The van der Waals surface area contributed by atoms with Crippen molar-refractivity contribution >= 4 is 5.97 Å². The van der Waals surface area contributed by atoms with Crippen LogP contribution in [0.2, 0.25) is 0 Å². The number of carbonyl (C=O) groups is 1. The molecule has 3 nitrogen and oxygen atoms in total. The zero-order valence-corrected chi connectivity index (χ0v) is 10.5. The van der Waals surface area contributed by atoms with E-state index in [1.807, 2.05) is 51.1 Å². The molecule has 0 aliphatic carbocycles. The van der Waals surface area contributed by atoms with E-state index < -0.39 is 11.2 Å². The van der Waals surface area contributed by atoms with E-state index in [4.69, 9.17) is 9.47 Å². The molecule has 0 bridgehead atoms. The molecule has 1 fully saturated rings. The van der Waals surface area contributed by atoms with Gasteiger partial charge in [-0.2, -0.15) is 0 Å². The van der Waals surface area contributed by atoms with Crippen LogP contribution in [0.3, 0.4) is 0 Å². The van der Waals surface area contributed by atoms with Crippen LogP contribution in [0.4, 0.5) is 0 Å². The molecule has 0 radical (unpaired) electrons. The van der Waals surface area contributed by atoms with Gasteiger partial charge in [0.15, 0.2) is 0 Å². The summed E-state index contributed by atoms with van der Waals surface area (Å²) in [4.78, 5) is 12.2. The number of ether oxygens (including phenoxy) is 2. The largest absolute Gasteiger partial charge is 0.464 e. The van der Waals surface area contributed by atoms with Gasteiger partial charge < -0.3 is 9.47 Å². The minimum Gasteiger partial charge on any atom is -0.464 e. The number of hydrogen-bond acceptors (Lipinski definition) is 3. The monoisotopic (exact) mass is 234 g/mol. The van der Waals surface area contributed by atoms with Gasteiger partial charge in [0, 0.05) is 0 Å². The minimum absolute atomic E-state index is 0.282. The highest BCUT2D eigenvalue weighted by molar-refractivity contribution is 5.86. The highest BCUT2D eigenvalue weighted by atomic mass is 16.7. The first-order valence-electron chi connectivity index (χ1n) is 6.03. The van der Waals surface area contributed by atoms with Gasteiger partial charge in [-0.15, -0.1) is 0 Å². The van der Waals surface area contributed by atoms with Crippen molar-refractivity contribution in [1.29, 1.82) is 0 Å². The number of carbonyl (C=O) groups excluding carboxylic acids is 1. The third-order valence-electron chi connectivity index (χ3n) is 3.50. The summed E-state index contributed by atoms with van der Waals surface area (Å²) < 4.78 is 10.9. The Balaban J connectivity index is 2.38. The maximum Gasteiger partial charge on any atom is 0.346 e. The Hall–Kier alpha value is -1.35. The van der Waals surface area contributed by atoms with Gasteiger partial charge in [-0.05, 0) is 25.8 Å². The summed E-state index contributed by atoms with van der Waals surface area (Å²) in [5, 5.41) is 0. The van der Waals surface area contributed by atoms with Crippen LogP contribution in [0.1, 0.15) is 32.8 Å². The molecule has 92 valence electrons. The third-order valence-corrected chi connectivity index (χ3v) is 3.50.